The van der Waals surface area contributed by atoms with Gasteiger partial charge in [-0.3, -0.25) is 4.90 Å². The standard InChI is InChI=1S/C24H32N4O3/c1-2-3-4-5-6-7-8-15-27-17-14-18-19(11-9-12-20(18)27)22-25-23(31-26-22)21-13-10-16-28(21)24(29)30/h9,11-12,14,17,21H,2-8,10,13,15-16H2,1H3,(H,29,30). The summed E-state index contributed by atoms with van der Waals surface area (Å²) in [5.74, 6) is 0.904. The molecule has 1 aliphatic rings. The quantitative estimate of drug-likeness (QED) is 0.388. The molecule has 7 nitrogen and oxygen atoms in total. The van der Waals surface area contributed by atoms with Crippen LogP contribution in [-0.4, -0.2) is 37.4 Å². The van der Waals surface area contributed by atoms with Crippen LogP contribution in [0.2, 0.25) is 0 Å². The normalized spacial score (nSPS) is 16.4. The minimum absolute atomic E-state index is 0.347. The van der Waals surface area contributed by atoms with E-state index >= 15 is 0 Å². The van der Waals surface area contributed by atoms with Gasteiger partial charge in [0.05, 0.1) is 0 Å². The summed E-state index contributed by atoms with van der Waals surface area (Å²) < 4.78 is 7.79. The van der Waals surface area contributed by atoms with Gasteiger partial charge < -0.3 is 14.2 Å². The Balaban J connectivity index is 1.45. The molecule has 2 aromatic heterocycles. The largest absolute Gasteiger partial charge is 0.465 e. The molecule has 1 aliphatic heterocycles. The Bertz CT molecular complexity index is 1010. The molecule has 31 heavy (non-hydrogen) atoms. The fraction of sp³-hybridized carbons (Fsp3) is 0.542. The van der Waals surface area contributed by atoms with Crippen LogP contribution in [0.15, 0.2) is 35.0 Å². The van der Waals surface area contributed by atoms with Crippen LogP contribution in [0.25, 0.3) is 22.3 Å². The highest BCUT2D eigenvalue weighted by Crippen LogP contribution is 2.33. The molecule has 0 bridgehead atoms. The van der Waals surface area contributed by atoms with E-state index in [4.69, 9.17) is 4.52 Å². The zero-order chi connectivity index (χ0) is 21.6. The van der Waals surface area contributed by atoms with Crippen LogP contribution in [0.5, 0.6) is 0 Å². The molecule has 1 aromatic carbocycles. The van der Waals surface area contributed by atoms with E-state index in [9.17, 15) is 9.90 Å². The predicted molar refractivity (Wildman–Crippen MR) is 120 cm³/mol. The Morgan fingerprint density at radius 3 is 2.77 bits per heavy atom. The lowest BCUT2D eigenvalue weighted by Crippen LogP contribution is -2.28. The molecule has 0 saturated carbocycles. The lowest BCUT2D eigenvalue weighted by atomic mass is 10.1. The number of nitrogens with zero attached hydrogens (tertiary/aromatic N) is 4. The third-order valence-corrected chi connectivity index (χ3v) is 6.28. The summed E-state index contributed by atoms with van der Waals surface area (Å²) in [6.07, 6.45) is 11.8. The van der Waals surface area contributed by atoms with Crippen LogP contribution < -0.4 is 0 Å². The maximum atomic E-state index is 11.4. The van der Waals surface area contributed by atoms with Crippen LogP contribution >= 0.6 is 0 Å². The highest BCUT2D eigenvalue weighted by molar-refractivity contribution is 5.93. The number of hydrogen-bond acceptors (Lipinski definition) is 4. The van der Waals surface area contributed by atoms with Crippen LogP contribution in [0.1, 0.15) is 76.6 Å². The second kappa shape index (κ2) is 9.98. The Labute approximate surface area is 183 Å². The second-order valence-corrected chi connectivity index (χ2v) is 8.46. The molecule has 1 amide bonds. The molecule has 4 rings (SSSR count). The number of fused-ring (bicyclic) bond motifs is 1. The van der Waals surface area contributed by atoms with Crippen molar-refractivity contribution in [3.63, 3.8) is 0 Å². The van der Waals surface area contributed by atoms with Crippen LogP contribution in [0, 0.1) is 0 Å². The van der Waals surface area contributed by atoms with Crippen LogP contribution in [-0.2, 0) is 6.54 Å². The lowest BCUT2D eigenvalue weighted by molar-refractivity contribution is 0.131. The zero-order valence-electron chi connectivity index (χ0n) is 18.3. The molecule has 1 fully saturated rings. The number of aromatic nitrogens is 3. The molecule has 166 valence electrons. The summed E-state index contributed by atoms with van der Waals surface area (Å²) in [6.45, 7) is 3.77. The van der Waals surface area contributed by atoms with Crippen molar-refractivity contribution in [2.45, 2.75) is 77.3 Å². The van der Waals surface area contributed by atoms with Crippen molar-refractivity contribution in [2.75, 3.05) is 6.54 Å². The number of unbranched alkanes of at least 4 members (excludes halogenated alkanes) is 6. The number of hydrogen-bond donors (Lipinski definition) is 1. The van der Waals surface area contributed by atoms with Crippen molar-refractivity contribution in [1.29, 1.82) is 0 Å². The maximum Gasteiger partial charge on any atom is 0.407 e. The number of rotatable bonds is 10. The monoisotopic (exact) mass is 424 g/mol. The van der Waals surface area contributed by atoms with Crippen molar-refractivity contribution in [3.8, 4) is 11.4 Å². The molecule has 0 spiro atoms. The third kappa shape index (κ3) is 4.75. The van der Waals surface area contributed by atoms with Gasteiger partial charge in [0.15, 0.2) is 0 Å². The van der Waals surface area contributed by atoms with Gasteiger partial charge in [-0.2, -0.15) is 4.98 Å². The minimum atomic E-state index is -0.938. The highest BCUT2D eigenvalue weighted by Gasteiger charge is 2.34. The smallest absolute Gasteiger partial charge is 0.407 e. The van der Waals surface area contributed by atoms with Gasteiger partial charge in [-0.25, -0.2) is 4.79 Å². The van der Waals surface area contributed by atoms with Gasteiger partial charge in [0.25, 0.3) is 0 Å². The fourth-order valence-electron chi connectivity index (χ4n) is 4.59. The summed E-state index contributed by atoms with van der Waals surface area (Å²) in [7, 11) is 0. The average Bonchev–Trinajstić information content (AvgIpc) is 3.51. The van der Waals surface area contributed by atoms with Crippen molar-refractivity contribution < 1.29 is 14.4 Å². The second-order valence-electron chi connectivity index (χ2n) is 8.46. The Hall–Kier alpha value is -2.83. The van der Waals surface area contributed by atoms with Gasteiger partial charge >= 0.3 is 6.09 Å². The van der Waals surface area contributed by atoms with Crippen LogP contribution in [0.4, 0.5) is 4.79 Å². The van der Waals surface area contributed by atoms with Crippen molar-refractivity contribution in [3.05, 3.63) is 36.4 Å². The molecule has 1 unspecified atom stereocenters. The number of carbonyl (C=O) groups is 1. The van der Waals surface area contributed by atoms with E-state index in [-0.39, 0.29) is 6.04 Å². The van der Waals surface area contributed by atoms with E-state index < -0.39 is 6.09 Å². The zero-order valence-corrected chi connectivity index (χ0v) is 18.3. The molecular formula is C24H32N4O3. The number of likely N-dealkylation sites (tertiary alicyclic amines) is 1. The summed E-state index contributed by atoms with van der Waals surface area (Å²) in [6, 6.07) is 7.91. The maximum absolute atomic E-state index is 11.4. The first-order chi connectivity index (χ1) is 15.2. The van der Waals surface area contributed by atoms with E-state index in [1.807, 2.05) is 12.1 Å². The van der Waals surface area contributed by atoms with E-state index in [0.29, 0.717) is 24.7 Å². The van der Waals surface area contributed by atoms with Crippen LogP contribution in [0.3, 0.4) is 0 Å². The van der Waals surface area contributed by atoms with Crippen molar-refractivity contribution >= 4 is 17.0 Å². The van der Waals surface area contributed by atoms with Gasteiger partial charge in [-0.05, 0) is 31.4 Å². The molecular weight excluding hydrogens is 392 g/mol. The Morgan fingerprint density at radius 1 is 1.16 bits per heavy atom. The molecule has 0 aliphatic carbocycles. The first-order valence-corrected chi connectivity index (χ1v) is 11.6. The Kier molecular flexibility index (Phi) is 6.89. The third-order valence-electron chi connectivity index (χ3n) is 6.28. The van der Waals surface area contributed by atoms with E-state index in [2.05, 4.69) is 40.0 Å². The van der Waals surface area contributed by atoms with Crippen molar-refractivity contribution in [2.24, 2.45) is 0 Å². The SMILES string of the molecule is CCCCCCCCCn1ccc2c(-c3noc(C4CCCN4C(=O)O)n3)cccc21. The van der Waals surface area contributed by atoms with Gasteiger partial charge in [-0.1, -0.05) is 62.7 Å². The number of aryl methyl sites for hydroxylation is 1. The molecule has 3 aromatic rings. The molecule has 7 heteroatoms. The molecule has 0 radical (unpaired) electrons. The topological polar surface area (TPSA) is 84.4 Å². The first-order valence-electron chi connectivity index (χ1n) is 11.6. The number of carboxylic acid groups (broad SMARTS) is 1. The summed E-state index contributed by atoms with van der Waals surface area (Å²) in [4.78, 5) is 17.4. The number of benzene rings is 1. The van der Waals surface area contributed by atoms with Gasteiger partial charge in [0.1, 0.15) is 6.04 Å². The molecule has 1 N–H and O–H groups in total. The number of amides is 1. The molecule has 3 heterocycles. The average molecular weight is 425 g/mol. The fourth-order valence-corrected chi connectivity index (χ4v) is 4.59. The lowest BCUT2D eigenvalue weighted by Gasteiger charge is -2.17. The predicted octanol–water partition coefficient (Wildman–Crippen LogP) is 6.26. The highest BCUT2D eigenvalue weighted by atomic mass is 16.5. The summed E-state index contributed by atoms with van der Waals surface area (Å²) in [5.41, 5.74) is 2.09. The summed E-state index contributed by atoms with van der Waals surface area (Å²) in [5, 5.41) is 14.7. The molecule has 1 atom stereocenters. The van der Waals surface area contributed by atoms with E-state index in [0.717, 1.165) is 23.9 Å². The minimum Gasteiger partial charge on any atom is -0.465 e. The Morgan fingerprint density at radius 2 is 1.97 bits per heavy atom. The molecule has 1 saturated heterocycles. The first kappa shape index (κ1) is 21.4. The van der Waals surface area contributed by atoms with Gasteiger partial charge in [0.2, 0.25) is 11.7 Å². The van der Waals surface area contributed by atoms with E-state index in [1.54, 1.807) is 0 Å². The van der Waals surface area contributed by atoms with Crippen molar-refractivity contribution in [1.82, 2.24) is 19.6 Å². The van der Waals surface area contributed by atoms with E-state index in [1.165, 1.54) is 55.4 Å². The van der Waals surface area contributed by atoms with Gasteiger partial charge in [-0.15, -0.1) is 0 Å². The summed E-state index contributed by atoms with van der Waals surface area (Å²) >= 11 is 0. The van der Waals surface area contributed by atoms with Gasteiger partial charge in [0, 0.05) is 35.8 Å².